The van der Waals surface area contributed by atoms with Crippen molar-refractivity contribution in [1.82, 2.24) is 4.90 Å². The standard InChI is InChI=1S/C17H19NO3/c1-10(16-8-11-4-2-3-5-15(11)21-16)18-12-6-7-14(18)13(9-12)17(19)20/h2-5,8,10,12-14H,6-7,9H2,1H3,(H,19,20). The third-order valence-electron chi connectivity index (χ3n) is 5.21. The summed E-state index contributed by atoms with van der Waals surface area (Å²) < 4.78 is 5.97. The van der Waals surface area contributed by atoms with Gasteiger partial charge in [0.15, 0.2) is 0 Å². The van der Waals surface area contributed by atoms with Crippen LogP contribution in [0.1, 0.15) is 38.0 Å². The molecule has 2 saturated heterocycles. The van der Waals surface area contributed by atoms with E-state index in [9.17, 15) is 9.90 Å². The number of rotatable bonds is 3. The van der Waals surface area contributed by atoms with Gasteiger partial charge in [0.05, 0.1) is 12.0 Å². The monoisotopic (exact) mass is 285 g/mol. The molecule has 4 atom stereocenters. The highest BCUT2D eigenvalue weighted by Gasteiger charge is 2.51. The van der Waals surface area contributed by atoms with Crippen LogP contribution in [0.4, 0.5) is 0 Å². The molecule has 0 spiro atoms. The summed E-state index contributed by atoms with van der Waals surface area (Å²) in [4.78, 5) is 13.8. The zero-order valence-electron chi connectivity index (χ0n) is 12.0. The minimum absolute atomic E-state index is 0.138. The van der Waals surface area contributed by atoms with Gasteiger partial charge in [0.25, 0.3) is 0 Å². The second-order valence-corrected chi connectivity index (χ2v) is 6.29. The number of fused-ring (bicyclic) bond motifs is 3. The summed E-state index contributed by atoms with van der Waals surface area (Å²) in [6.07, 6.45) is 2.88. The minimum atomic E-state index is -0.649. The number of carboxylic acids is 1. The number of carbonyl (C=O) groups is 1. The van der Waals surface area contributed by atoms with Gasteiger partial charge in [0, 0.05) is 17.5 Å². The van der Waals surface area contributed by atoms with Crippen molar-refractivity contribution in [3.8, 4) is 0 Å². The summed E-state index contributed by atoms with van der Waals surface area (Å²) in [6, 6.07) is 10.8. The van der Waals surface area contributed by atoms with Gasteiger partial charge in [-0.1, -0.05) is 18.2 Å². The summed E-state index contributed by atoms with van der Waals surface area (Å²) >= 11 is 0. The van der Waals surface area contributed by atoms with Crippen LogP contribution >= 0.6 is 0 Å². The van der Waals surface area contributed by atoms with Gasteiger partial charge in [-0.2, -0.15) is 0 Å². The Morgan fingerprint density at radius 1 is 1.38 bits per heavy atom. The predicted octanol–water partition coefficient (Wildman–Crippen LogP) is 3.43. The van der Waals surface area contributed by atoms with Gasteiger partial charge in [-0.25, -0.2) is 0 Å². The van der Waals surface area contributed by atoms with Crippen molar-refractivity contribution < 1.29 is 14.3 Å². The van der Waals surface area contributed by atoms with E-state index < -0.39 is 5.97 Å². The number of aliphatic carboxylic acids is 1. The first-order valence-corrected chi connectivity index (χ1v) is 7.64. The fourth-order valence-electron chi connectivity index (χ4n) is 4.25. The van der Waals surface area contributed by atoms with Gasteiger partial charge in [-0.15, -0.1) is 0 Å². The molecule has 1 aromatic heterocycles. The van der Waals surface area contributed by atoms with E-state index in [1.165, 1.54) is 0 Å². The van der Waals surface area contributed by atoms with Crippen LogP contribution in [0.5, 0.6) is 0 Å². The molecule has 4 heteroatoms. The number of para-hydroxylation sites is 1. The van der Waals surface area contributed by atoms with Crippen LogP contribution in [0, 0.1) is 5.92 Å². The lowest BCUT2D eigenvalue weighted by Crippen LogP contribution is -2.34. The fraction of sp³-hybridized carbons (Fsp3) is 0.471. The summed E-state index contributed by atoms with van der Waals surface area (Å²) in [5.41, 5.74) is 0.903. The Balaban J connectivity index is 1.65. The maximum absolute atomic E-state index is 11.4. The molecule has 110 valence electrons. The van der Waals surface area contributed by atoms with Crippen LogP contribution in [0.15, 0.2) is 34.7 Å². The van der Waals surface area contributed by atoms with Crippen molar-refractivity contribution in [2.45, 2.75) is 44.3 Å². The van der Waals surface area contributed by atoms with Crippen molar-refractivity contribution in [3.63, 3.8) is 0 Å². The third-order valence-corrected chi connectivity index (χ3v) is 5.21. The Labute approximate surface area is 123 Å². The van der Waals surface area contributed by atoms with Crippen LogP contribution in [0.2, 0.25) is 0 Å². The highest BCUT2D eigenvalue weighted by Crippen LogP contribution is 2.46. The van der Waals surface area contributed by atoms with Gasteiger partial charge >= 0.3 is 5.97 Å². The Hall–Kier alpha value is -1.81. The van der Waals surface area contributed by atoms with Gasteiger partial charge < -0.3 is 9.52 Å². The zero-order valence-corrected chi connectivity index (χ0v) is 12.0. The molecular formula is C17H19NO3. The molecule has 2 aliphatic rings. The summed E-state index contributed by atoms with van der Waals surface area (Å²) in [7, 11) is 0. The lowest BCUT2D eigenvalue weighted by atomic mass is 9.89. The average molecular weight is 285 g/mol. The first-order chi connectivity index (χ1) is 10.1. The summed E-state index contributed by atoms with van der Waals surface area (Å²) in [5, 5.41) is 10.5. The number of hydrogen-bond acceptors (Lipinski definition) is 3. The summed E-state index contributed by atoms with van der Waals surface area (Å²) in [5.74, 6) is 0.0822. The second kappa shape index (κ2) is 4.60. The molecule has 4 rings (SSSR count). The minimum Gasteiger partial charge on any atom is -0.481 e. The highest BCUT2D eigenvalue weighted by atomic mass is 16.4. The van der Waals surface area contributed by atoms with Crippen LogP contribution in [0.25, 0.3) is 11.0 Å². The van der Waals surface area contributed by atoms with Crippen molar-refractivity contribution in [2.75, 3.05) is 0 Å². The molecule has 0 radical (unpaired) electrons. The van der Waals surface area contributed by atoms with Gasteiger partial charge in [-0.05, 0) is 38.3 Å². The van der Waals surface area contributed by atoms with Crippen molar-refractivity contribution in [1.29, 1.82) is 0 Å². The SMILES string of the molecule is CC(c1cc2ccccc2o1)N1C2CCC1C(C(=O)O)C2. The molecule has 2 aliphatic heterocycles. The van der Waals surface area contributed by atoms with Crippen LogP contribution in [-0.4, -0.2) is 28.1 Å². The maximum Gasteiger partial charge on any atom is 0.308 e. The summed E-state index contributed by atoms with van der Waals surface area (Å²) in [6.45, 7) is 2.13. The van der Waals surface area contributed by atoms with E-state index in [1.54, 1.807) is 0 Å². The largest absolute Gasteiger partial charge is 0.481 e. The van der Waals surface area contributed by atoms with E-state index in [0.29, 0.717) is 6.04 Å². The smallest absolute Gasteiger partial charge is 0.308 e. The van der Waals surface area contributed by atoms with Gasteiger partial charge in [-0.3, -0.25) is 9.69 Å². The molecule has 0 saturated carbocycles. The van der Waals surface area contributed by atoms with Crippen LogP contribution < -0.4 is 0 Å². The second-order valence-electron chi connectivity index (χ2n) is 6.29. The normalized spacial score (nSPS) is 30.0. The lowest BCUT2D eigenvalue weighted by molar-refractivity contribution is -0.142. The van der Waals surface area contributed by atoms with E-state index in [-0.39, 0.29) is 18.0 Å². The molecule has 2 aromatic rings. The molecule has 1 aromatic carbocycles. The lowest BCUT2D eigenvalue weighted by Gasteiger charge is -2.28. The Kier molecular flexibility index (Phi) is 2.82. The molecule has 3 heterocycles. The van der Waals surface area contributed by atoms with Gasteiger partial charge in [0.1, 0.15) is 11.3 Å². The van der Waals surface area contributed by atoms with Crippen LogP contribution in [0.3, 0.4) is 0 Å². The van der Waals surface area contributed by atoms with Crippen LogP contribution in [-0.2, 0) is 4.79 Å². The molecular weight excluding hydrogens is 266 g/mol. The Morgan fingerprint density at radius 3 is 2.90 bits per heavy atom. The quantitative estimate of drug-likeness (QED) is 0.938. The number of hydrogen-bond donors (Lipinski definition) is 1. The zero-order chi connectivity index (χ0) is 14.6. The average Bonchev–Trinajstić information content (AvgIpc) is 3.18. The fourth-order valence-corrected chi connectivity index (χ4v) is 4.25. The van der Waals surface area contributed by atoms with E-state index in [0.717, 1.165) is 36.0 Å². The van der Waals surface area contributed by atoms with Crippen molar-refractivity contribution in [3.05, 3.63) is 36.1 Å². The van der Waals surface area contributed by atoms with Gasteiger partial charge in [0.2, 0.25) is 0 Å². The van der Waals surface area contributed by atoms with Crippen molar-refractivity contribution >= 4 is 16.9 Å². The first kappa shape index (κ1) is 12.9. The molecule has 4 unspecified atom stereocenters. The third kappa shape index (κ3) is 1.89. The molecule has 0 amide bonds. The molecule has 4 nitrogen and oxygen atoms in total. The number of nitrogens with zero attached hydrogens (tertiary/aromatic N) is 1. The highest BCUT2D eigenvalue weighted by molar-refractivity contribution is 5.77. The molecule has 0 aliphatic carbocycles. The molecule has 1 N–H and O–H groups in total. The maximum atomic E-state index is 11.4. The topological polar surface area (TPSA) is 53.7 Å². The van der Waals surface area contributed by atoms with E-state index in [4.69, 9.17) is 4.42 Å². The number of furan rings is 1. The molecule has 2 fully saturated rings. The first-order valence-electron chi connectivity index (χ1n) is 7.64. The Morgan fingerprint density at radius 2 is 2.19 bits per heavy atom. The molecule has 2 bridgehead atoms. The number of benzene rings is 1. The van der Waals surface area contributed by atoms with E-state index >= 15 is 0 Å². The Bertz CT molecular complexity index is 659. The van der Waals surface area contributed by atoms with E-state index in [1.807, 2.05) is 24.3 Å². The van der Waals surface area contributed by atoms with Crippen molar-refractivity contribution in [2.24, 2.45) is 5.92 Å². The predicted molar refractivity (Wildman–Crippen MR) is 79.0 cm³/mol. The van der Waals surface area contributed by atoms with E-state index in [2.05, 4.69) is 17.9 Å². The number of carboxylic acid groups (broad SMARTS) is 1. The molecule has 21 heavy (non-hydrogen) atoms.